The molecule has 0 aliphatic rings. The molecular weight excluding hydrogens is 379 g/mol. The molecule has 0 spiro atoms. The Morgan fingerprint density at radius 2 is 2.09 bits per heavy atom. The van der Waals surface area contributed by atoms with Crippen LogP contribution < -0.4 is 16.4 Å². The first kappa shape index (κ1) is 21.8. The number of thiophene rings is 1. The van der Waals surface area contributed by atoms with Gasteiger partial charge in [0.15, 0.2) is 5.13 Å². The number of amides is 2. The predicted molar refractivity (Wildman–Crippen MR) is 99.2 cm³/mol. The van der Waals surface area contributed by atoms with Gasteiger partial charge in [0, 0.05) is 18.0 Å². The van der Waals surface area contributed by atoms with Gasteiger partial charge in [-0.15, -0.1) is 47.5 Å². The number of nitrogens with one attached hydrogen (secondary N) is 2. The largest absolute Gasteiger partial charge is 0.352 e. The van der Waals surface area contributed by atoms with E-state index in [9.17, 15) is 9.59 Å². The number of carbonyl (C=O) groups is 2. The topological polar surface area (TPSA) is 97.1 Å². The van der Waals surface area contributed by atoms with Crippen LogP contribution in [0.5, 0.6) is 0 Å². The summed E-state index contributed by atoms with van der Waals surface area (Å²) < 4.78 is 0. The first-order valence-electron chi connectivity index (χ1n) is 6.37. The van der Waals surface area contributed by atoms with Crippen LogP contribution in [0.25, 0.3) is 0 Å². The van der Waals surface area contributed by atoms with Gasteiger partial charge in [0.1, 0.15) is 0 Å². The molecule has 10 heteroatoms. The summed E-state index contributed by atoms with van der Waals surface area (Å²) in [6.07, 6.45) is 0.176. The first-order valence-corrected chi connectivity index (χ1v) is 8.13. The fourth-order valence-electron chi connectivity index (χ4n) is 1.56. The molecule has 128 valence electrons. The maximum atomic E-state index is 11.9. The normalized spacial score (nSPS) is 10.9. The number of thiazole rings is 1. The maximum absolute atomic E-state index is 11.9. The molecule has 0 fully saturated rings. The highest BCUT2D eigenvalue weighted by Crippen LogP contribution is 2.18. The Morgan fingerprint density at radius 1 is 1.35 bits per heavy atom. The second kappa shape index (κ2) is 10.6. The zero-order chi connectivity index (χ0) is 15.2. The Balaban J connectivity index is 0.00000242. The highest BCUT2D eigenvalue weighted by Gasteiger charge is 2.12. The number of anilines is 1. The third-order valence-corrected chi connectivity index (χ3v) is 4.29. The van der Waals surface area contributed by atoms with E-state index >= 15 is 0 Å². The molecule has 0 saturated carbocycles. The van der Waals surface area contributed by atoms with Crippen molar-refractivity contribution in [3.05, 3.63) is 33.5 Å². The molecule has 2 aromatic rings. The SMILES string of the molecule is C[C@@H](CN)NC(=O)Cc1csc(NC(=O)c2cccs2)n1.Cl.Cl. The standard InChI is InChI=1S/C13H16N4O2S2.2ClH/c1-8(6-14)15-11(18)5-9-7-21-13(16-9)17-12(19)10-3-2-4-20-10;;/h2-4,7-8H,5-6,14H2,1H3,(H,15,18)(H,16,17,19);2*1H/t8-;;/m0../s1. The number of hydrogen-bond acceptors (Lipinski definition) is 6. The minimum Gasteiger partial charge on any atom is -0.352 e. The highest BCUT2D eigenvalue weighted by atomic mass is 35.5. The summed E-state index contributed by atoms with van der Waals surface area (Å²) in [4.78, 5) is 28.4. The number of rotatable bonds is 6. The zero-order valence-corrected chi connectivity index (χ0v) is 15.5. The second-order valence-corrected chi connectivity index (χ2v) is 6.26. The quantitative estimate of drug-likeness (QED) is 0.697. The Kier molecular flexibility index (Phi) is 10.0. The Hall–Kier alpha value is -1.19. The van der Waals surface area contributed by atoms with Crippen LogP contribution in [-0.4, -0.2) is 29.4 Å². The van der Waals surface area contributed by atoms with Gasteiger partial charge >= 0.3 is 0 Å². The molecule has 4 N–H and O–H groups in total. The zero-order valence-electron chi connectivity index (χ0n) is 12.3. The fraction of sp³-hybridized carbons (Fsp3) is 0.308. The number of nitrogens with two attached hydrogens (primary N) is 1. The molecule has 0 aliphatic heterocycles. The number of halogens is 2. The van der Waals surface area contributed by atoms with Crippen LogP contribution in [0.1, 0.15) is 22.3 Å². The number of nitrogens with zero attached hydrogens (tertiary/aromatic N) is 1. The predicted octanol–water partition coefficient (Wildman–Crippen LogP) is 2.31. The van der Waals surface area contributed by atoms with Crippen LogP contribution in [0.15, 0.2) is 22.9 Å². The second-order valence-electron chi connectivity index (χ2n) is 4.46. The van der Waals surface area contributed by atoms with Crippen molar-refractivity contribution in [3.63, 3.8) is 0 Å². The Labute approximate surface area is 154 Å². The lowest BCUT2D eigenvalue weighted by molar-refractivity contribution is -0.121. The van der Waals surface area contributed by atoms with Crippen molar-refractivity contribution in [3.8, 4) is 0 Å². The van der Waals surface area contributed by atoms with Gasteiger partial charge in [-0.25, -0.2) is 4.98 Å². The van der Waals surface area contributed by atoms with Crippen LogP contribution >= 0.6 is 47.5 Å². The van der Waals surface area contributed by atoms with E-state index in [0.717, 1.165) is 0 Å². The van der Waals surface area contributed by atoms with Crippen molar-refractivity contribution >= 4 is 64.4 Å². The van der Waals surface area contributed by atoms with Crippen molar-refractivity contribution in [1.82, 2.24) is 10.3 Å². The average molecular weight is 397 g/mol. The Morgan fingerprint density at radius 3 is 2.70 bits per heavy atom. The molecule has 2 rings (SSSR count). The van der Waals surface area contributed by atoms with Crippen LogP contribution in [0.3, 0.4) is 0 Å². The molecule has 0 aromatic carbocycles. The molecule has 2 heterocycles. The molecule has 2 aromatic heterocycles. The van der Waals surface area contributed by atoms with Gasteiger partial charge in [-0.1, -0.05) is 6.07 Å². The smallest absolute Gasteiger partial charge is 0.267 e. The first-order chi connectivity index (χ1) is 10.1. The van der Waals surface area contributed by atoms with Crippen molar-refractivity contribution in [2.24, 2.45) is 5.73 Å². The molecule has 1 atom stereocenters. The highest BCUT2D eigenvalue weighted by molar-refractivity contribution is 7.14. The third kappa shape index (κ3) is 6.84. The fourth-order valence-corrected chi connectivity index (χ4v) is 2.89. The lowest BCUT2D eigenvalue weighted by atomic mass is 10.3. The summed E-state index contributed by atoms with van der Waals surface area (Å²) in [6, 6.07) is 3.50. The summed E-state index contributed by atoms with van der Waals surface area (Å²) in [5.41, 5.74) is 6.07. The van der Waals surface area contributed by atoms with Gasteiger partial charge in [0.25, 0.3) is 5.91 Å². The average Bonchev–Trinajstić information content (AvgIpc) is 3.10. The van der Waals surface area contributed by atoms with E-state index in [4.69, 9.17) is 5.73 Å². The van der Waals surface area contributed by atoms with Crippen LogP contribution in [0.2, 0.25) is 0 Å². The van der Waals surface area contributed by atoms with Crippen molar-refractivity contribution in [2.75, 3.05) is 11.9 Å². The number of aromatic nitrogens is 1. The molecule has 2 amide bonds. The van der Waals surface area contributed by atoms with Gasteiger partial charge in [0.2, 0.25) is 5.91 Å². The molecule has 23 heavy (non-hydrogen) atoms. The van der Waals surface area contributed by atoms with Crippen LogP contribution in [0.4, 0.5) is 5.13 Å². The van der Waals surface area contributed by atoms with E-state index in [0.29, 0.717) is 22.2 Å². The monoisotopic (exact) mass is 396 g/mol. The minimum atomic E-state index is -0.188. The molecule has 6 nitrogen and oxygen atoms in total. The van der Waals surface area contributed by atoms with Crippen LogP contribution in [0, 0.1) is 0 Å². The van der Waals surface area contributed by atoms with E-state index in [1.165, 1.54) is 22.7 Å². The molecule has 0 aliphatic carbocycles. The summed E-state index contributed by atoms with van der Waals surface area (Å²) >= 11 is 2.66. The maximum Gasteiger partial charge on any atom is 0.267 e. The van der Waals surface area contributed by atoms with Crippen molar-refractivity contribution < 1.29 is 9.59 Å². The van der Waals surface area contributed by atoms with Gasteiger partial charge in [0.05, 0.1) is 17.0 Å². The summed E-state index contributed by atoms with van der Waals surface area (Å²) in [5.74, 6) is -0.318. The summed E-state index contributed by atoms with van der Waals surface area (Å²) in [6.45, 7) is 2.23. The third-order valence-electron chi connectivity index (χ3n) is 2.62. The minimum absolute atomic E-state index is 0. The van der Waals surface area contributed by atoms with E-state index in [2.05, 4.69) is 15.6 Å². The van der Waals surface area contributed by atoms with Gasteiger partial charge in [-0.05, 0) is 18.4 Å². The van der Waals surface area contributed by atoms with Crippen molar-refractivity contribution in [1.29, 1.82) is 0 Å². The van der Waals surface area contributed by atoms with E-state index in [-0.39, 0.29) is 49.1 Å². The number of hydrogen-bond donors (Lipinski definition) is 3. The van der Waals surface area contributed by atoms with E-state index in [1.54, 1.807) is 11.4 Å². The molecular formula is C13H18Cl2N4O2S2. The Bertz CT molecular complexity index is 619. The van der Waals surface area contributed by atoms with Gasteiger partial charge in [-0.3, -0.25) is 14.9 Å². The molecule has 0 bridgehead atoms. The van der Waals surface area contributed by atoms with Crippen molar-refractivity contribution in [2.45, 2.75) is 19.4 Å². The van der Waals surface area contributed by atoms with Gasteiger partial charge in [-0.2, -0.15) is 0 Å². The van der Waals surface area contributed by atoms with Gasteiger partial charge < -0.3 is 11.1 Å². The number of carbonyl (C=O) groups excluding carboxylic acids is 2. The van der Waals surface area contributed by atoms with Crippen LogP contribution in [-0.2, 0) is 11.2 Å². The van der Waals surface area contributed by atoms with E-state index < -0.39 is 0 Å². The lowest BCUT2D eigenvalue weighted by Crippen LogP contribution is -2.38. The van der Waals surface area contributed by atoms with E-state index in [1.807, 2.05) is 18.4 Å². The molecule has 0 unspecified atom stereocenters. The summed E-state index contributed by atoms with van der Waals surface area (Å²) in [7, 11) is 0. The molecule has 0 saturated heterocycles. The molecule has 0 radical (unpaired) electrons. The summed E-state index contributed by atoms with van der Waals surface area (Å²) in [5, 5.41) is 9.57. The lowest BCUT2D eigenvalue weighted by Gasteiger charge is -2.09.